The van der Waals surface area contributed by atoms with E-state index in [0.717, 1.165) is 6.26 Å². The number of carbonyl (C=O) groups excluding carboxylic acids is 1. The summed E-state index contributed by atoms with van der Waals surface area (Å²) in [5.41, 5.74) is 1.27. The molecule has 8 heteroatoms. The summed E-state index contributed by atoms with van der Waals surface area (Å²) < 4.78 is 36.0. The van der Waals surface area contributed by atoms with Crippen molar-refractivity contribution in [2.24, 2.45) is 0 Å². The van der Waals surface area contributed by atoms with E-state index in [1.807, 2.05) is 0 Å². The molecule has 0 fully saturated rings. The maximum atomic E-state index is 12.4. The van der Waals surface area contributed by atoms with Gasteiger partial charge in [0, 0.05) is 12.1 Å². The van der Waals surface area contributed by atoms with Crippen molar-refractivity contribution in [3.8, 4) is 11.5 Å². The number of ether oxygens (including phenoxy) is 2. The quantitative estimate of drug-likeness (QED) is 0.735. The molecule has 0 bridgehead atoms. The zero-order valence-corrected chi connectivity index (χ0v) is 15.7. The van der Waals surface area contributed by atoms with Crippen LogP contribution in [0.25, 0.3) is 0 Å². The van der Waals surface area contributed by atoms with E-state index in [-0.39, 0.29) is 12.3 Å². The topological polar surface area (TPSA) is 93.7 Å². The molecule has 0 saturated heterocycles. The van der Waals surface area contributed by atoms with Crippen LogP contribution in [0.3, 0.4) is 0 Å². The monoisotopic (exact) mass is 378 g/mol. The lowest BCUT2D eigenvalue weighted by Gasteiger charge is -2.18. The van der Waals surface area contributed by atoms with Gasteiger partial charge in [-0.05, 0) is 42.0 Å². The molecule has 0 spiro atoms. The van der Waals surface area contributed by atoms with Gasteiger partial charge in [0.05, 0.1) is 26.5 Å². The molecule has 140 valence electrons. The number of hydrogen-bond donors (Lipinski definition) is 2. The molecular formula is C18H22N2O5S. The molecule has 0 aliphatic rings. The van der Waals surface area contributed by atoms with Crippen LogP contribution >= 0.6 is 0 Å². The Morgan fingerprint density at radius 2 is 1.46 bits per heavy atom. The Morgan fingerprint density at radius 3 is 1.92 bits per heavy atom. The lowest BCUT2D eigenvalue weighted by Crippen LogP contribution is -2.30. The van der Waals surface area contributed by atoms with Crippen molar-refractivity contribution in [2.45, 2.75) is 12.5 Å². The molecule has 26 heavy (non-hydrogen) atoms. The zero-order chi connectivity index (χ0) is 19.2. The van der Waals surface area contributed by atoms with Crippen molar-refractivity contribution in [2.75, 3.05) is 25.8 Å². The fourth-order valence-electron chi connectivity index (χ4n) is 2.39. The number of rotatable bonds is 8. The highest BCUT2D eigenvalue weighted by Crippen LogP contribution is 2.22. The first-order valence-corrected chi connectivity index (χ1v) is 9.75. The highest BCUT2D eigenvalue weighted by Gasteiger charge is 2.20. The van der Waals surface area contributed by atoms with Gasteiger partial charge in [-0.1, -0.05) is 12.1 Å². The van der Waals surface area contributed by atoms with Crippen LogP contribution in [0.1, 0.15) is 18.0 Å². The van der Waals surface area contributed by atoms with E-state index in [0.29, 0.717) is 22.7 Å². The molecule has 2 N–H and O–H groups in total. The van der Waals surface area contributed by atoms with Crippen LogP contribution in [0, 0.1) is 0 Å². The molecule has 2 aromatic rings. The number of carbonyl (C=O) groups is 1. The Hall–Kier alpha value is -2.58. The minimum Gasteiger partial charge on any atom is -0.497 e. The molecule has 0 aliphatic carbocycles. The minimum atomic E-state index is -3.49. The Kier molecular flexibility index (Phi) is 6.59. The van der Waals surface area contributed by atoms with Crippen LogP contribution in [-0.4, -0.2) is 34.8 Å². The minimum absolute atomic E-state index is 0.0502. The summed E-state index contributed by atoms with van der Waals surface area (Å²) in [6.07, 6.45) is 1.01. The summed E-state index contributed by atoms with van der Waals surface area (Å²) in [6.45, 7) is 0. The van der Waals surface area contributed by atoms with Crippen molar-refractivity contribution < 1.29 is 22.7 Å². The molecule has 2 rings (SSSR count). The highest BCUT2D eigenvalue weighted by atomic mass is 32.2. The molecule has 2 aromatic carbocycles. The molecular weight excluding hydrogens is 356 g/mol. The number of methoxy groups -OCH3 is 2. The van der Waals surface area contributed by atoms with Crippen molar-refractivity contribution >= 4 is 21.6 Å². The number of amides is 1. The molecule has 1 unspecified atom stereocenters. The Labute approximate surface area is 153 Å². The molecule has 7 nitrogen and oxygen atoms in total. The molecule has 1 amide bonds. The van der Waals surface area contributed by atoms with Gasteiger partial charge in [0.25, 0.3) is 0 Å². The molecule has 0 radical (unpaired) electrons. The summed E-state index contributed by atoms with van der Waals surface area (Å²) in [6, 6.07) is 13.1. The molecule has 0 heterocycles. The van der Waals surface area contributed by atoms with Gasteiger partial charge in [0.15, 0.2) is 0 Å². The molecule has 0 aromatic heterocycles. The van der Waals surface area contributed by atoms with Crippen molar-refractivity contribution in [1.29, 1.82) is 0 Å². The van der Waals surface area contributed by atoms with E-state index in [2.05, 4.69) is 10.0 Å². The normalized spacial score (nSPS) is 12.3. The third-order valence-corrected chi connectivity index (χ3v) is 4.35. The van der Waals surface area contributed by atoms with Crippen LogP contribution in [0.2, 0.25) is 0 Å². The van der Waals surface area contributed by atoms with Gasteiger partial charge in [-0.15, -0.1) is 0 Å². The van der Waals surface area contributed by atoms with E-state index in [1.165, 1.54) is 0 Å². The standard InChI is InChI=1S/C18H22N2O5S/c1-24-15-8-4-13(5-9-15)17(20-26(3,22)23)12-18(21)19-14-6-10-16(25-2)11-7-14/h4-11,17,20H,12H2,1-3H3,(H,19,21). The van der Waals surface area contributed by atoms with E-state index in [9.17, 15) is 13.2 Å². The van der Waals surface area contributed by atoms with Crippen LogP contribution < -0.4 is 19.5 Å². The number of anilines is 1. The Bertz CT molecular complexity index is 833. The fraction of sp³-hybridized carbons (Fsp3) is 0.278. The predicted molar refractivity (Wildman–Crippen MR) is 100.0 cm³/mol. The smallest absolute Gasteiger partial charge is 0.226 e. The van der Waals surface area contributed by atoms with Gasteiger partial charge in [-0.2, -0.15) is 0 Å². The number of nitrogens with one attached hydrogen (secondary N) is 2. The number of benzene rings is 2. The third-order valence-electron chi connectivity index (χ3n) is 3.64. The molecule has 0 aliphatic heterocycles. The van der Waals surface area contributed by atoms with E-state index in [4.69, 9.17) is 9.47 Å². The lowest BCUT2D eigenvalue weighted by molar-refractivity contribution is -0.116. The van der Waals surface area contributed by atoms with Crippen LogP contribution in [0.5, 0.6) is 11.5 Å². The number of sulfonamides is 1. The fourth-order valence-corrected chi connectivity index (χ4v) is 3.13. The van der Waals surface area contributed by atoms with Crippen LogP contribution in [-0.2, 0) is 14.8 Å². The first-order valence-electron chi connectivity index (χ1n) is 7.86. The van der Waals surface area contributed by atoms with Gasteiger partial charge in [-0.3, -0.25) is 4.79 Å². The summed E-state index contributed by atoms with van der Waals surface area (Å²) in [5.74, 6) is 1.01. The largest absolute Gasteiger partial charge is 0.497 e. The highest BCUT2D eigenvalue weighted by molar-refractivity contribution is 7.88. The summed E-state index contributed by atoms with van der Waals surface area (Å²) in [4.78, 5) is 12.4. The van der Waals surface area contributed by atoms with Crippen molar-refractivity contribution in [3.05, 3.63) is 54.1 Å². The van der Waals surface area contributed by atoms with Gasteiger partial charge in [-0.25, -0.2) is 13.1 Å². The Morgan fingerprint density at radius 1 is 0.962 bits per heavy atom. The third kappa shape index (κ3) is 6.05. The average molecular weight is 378 g/mol. The molecule has 0 saturated carbocycles. The first-order chi connectivity index (χ1) is 12.3. The van der Waals surface area contributed by atoms with Gasteiger partial charge in [0.1, 0.15) is 11.5 Å². The summed E-state index contributed by atoms with van der Waals surface area (Å²) >= 11 is 0. The number of hydrogen-bond acceptors (Lipinski definition) is 5. The Balaban J connectivity index is 2.12. The average Bonchev–Trinajstić information content (AvgIpc) is 2.60. The van der Waals surface area contributed by atoms with Crippen molar-refractivity contribution in [1.82, 2.24) is 4.72 Å². The SMILES string of the molecule is COc1ccc(NC(=O)CC(NS(C)(=O)=O)c2ccc(OC)cc2)cc1. The zero-order valence-electron chi connectivity index (χ0n) is 14.9. The summed E-state index contributed by atoms with van der Waals surface area (Å²) in [5, 5.41) is 2.75. The molecule has 1 atom stereocenters. The van der Waals surface area contributed by atoms with E-state index >= 15 is 0 Å². The van der Waals surface area contributed by atoms with E-state index in [1.54, 1.807) is 62.8 Å². The van der Waals surface area contributed by atoms with Gasteiger partial charge in [0.2, 0.25) is 15.9 Å². The second kappa shape index (κ2) is 8.68. The lowest BCUT2D eigenvalue weighted by atomic mass is 10.0. The van der Waals surface area contributed by atoms with Gasteiger partial charge < -0.3 is 14.8 Å². The first kappa shape index (κ1) is 19.7. The second-order valence-corrected chi connectivity index (χ2v) is 7.48. The van der Waals surface area contributed by atoms with E-state index < -0.39 is 16.1 Å². The maximum Gasteiger partial charge on any atom is 0.226 e. The van der Waals surface area contributed by atoms with Gasteiger partial charge >= 0.3 is 0 Å². The predicted octanol–water partition coefficient (Wildman–Crippen LogP) is 2.32. The summed E-state index contributed by atoms with van der Waals surface area (Å²) in [7, 11) is -0.388. The van der Waals surface area contributed by atoms with Crippen LogP contribution in [0.4, 0.5) is 5.69 Å². The maximum absolute atomic E-state index is 12.4. The second-order valence-electron chi connectivity index (χ2n) is 5.70. The van der Waals surface area contributed by atoms with Crippen molar-refractivity contribution in [3.63, 3.8) is 0 Å². The van der Waals surface area contributed by atoms with Crippen LogP contribution in [0.15, 0.2) is 48.5 Å².